The van der Waals surface area contributed by atoms with Crippen molar-refractivity contribution in [2.45, 2.75) is 6.92 Å². The summed E-state index contributed by atoms with van der Waals surface area (Å²) in [4.78, 5) is 0. The zero-order valence-electron chi connectivity index (χ0n) is 7.73. The maximum Gasteiger partial charge on any atom is 0.134 e. The molecule has 0 N–H and O–H groups in total. The van der Waals surface area contributed by atoms with E-state index in [1.807, 2.05) is 25.1 Å². The molecule has 1 aromatic carbocycles. The van der Waals surface area contributed by atoms with E-state index < -0.39 is 0 Å². The topological polar surface area (TPSA) is 9.23 Å². The first-order valence-corrected chi connectivity index (χ1v) is 4.51. The Balaban J connectivity index is 3.08. The fourth-order valence-electron chi connectivity index (χ4n) is 1.05. The molecule has 0 bridgehead atoms. The Bertz CT molecular complexity index is 347. The Hall–Kier alpha value is -1.13. The number of methoxy groups -OCH3 is 1. The summed E-state index contributed by atoms with van der Waals surface area (Å²) in [5.74, 6) is 6.89. The quantitative estimate of drug-likeness (QED) is 0.493. The van der Waals surface area contributed by atoms with E-state index in [0.717, 1.165) is 11.3 Å². The number of halogens is 1. The molecule has 0 amide bonds. The van der Waals surface area contributed by atoms with Gasteiger partial charge in [-0.25, -0.2) is 0 Å². The molecule has 0 spiro atoms. The molecule has 0 aliphatic carbocycles. The SMILES string of the molecule is COc1ccc(C)cc1C#CCCl. The van der Waals surface area contributed by atoms with Gasteiger partial charge < -0.3 is 4.74 Å². The molecule has 0 radical (unpaired) electrons. The second-order valence-electron chi connectivity index (χ2n) is 2.64. The van der Waals surface area contributed by atoms with Crippen molar-refractivity contribution in [3.63, 3.8) is 0 Å². The number of hydrogen-bond acceptors (Lipinski definition) is 1. The van der Waals surface area contributed by atoms with Gasteiger partial charge >= 0.3 is 0 Å². The number of alkyl halides is 1. The summed E-state index contributed by atoms with van der Waals surface area (Å²) in [6.45, 7) is 2.02. The van der Waals surface area contributed by atoms with Crippen LogP contribution in [0.4, 0.5) is 0 Å². The molecule has 0 aromatic heterocycles. The molecule has 2 heteroatoms. The number of benzene rings is 1. The lowest BCUT2D eigenvalue weighted by Gasteiger charge is -2.03. The van der Waals surface area contributed by atoms with Crippen LogP contribution in [0.1, 0.15) is 11.1 Å². The molecule has 13 heavy (non-hydrogen) atoms. The van der Waals surface area contributed by atoms with Crippen LogP contribution in [0.3, 0.4) is 0 Å². The monoisotopic (exact) mass is 194 g/mol. The van der Waals surface area contributed by atoms with E-state index in [1.165, 1.54) is 5.56 Å². The van der Waals surface area contributed by atoms with Gasteiger partial charge in [0.2, 0.25) is 0 Å². The summed E-state index contributed by atoms with van der Waals surface area (Å²) in [5.41, 5.74) is 2.06. The van der Waals surface area contributed by atoms with Gasteiger partial charge in [-0.15, -0.1) is 11.6 Å². The van der Waals surface area contributed by atoms with E-state index in [-0.39, 0.29) is 0 Å². The van der Waals surface area contributed by atoms with Crippen LogP contribution in [0.25, 0.3) is 0 Å². The van der Waals surface area contributed by atoms with Crippen LogP contribution in [0.15, 0.2) is 18.2 Å². The zero-order chi connectivity index (χ0) is 9.68. The largest absolute Gasteiger partial charge is 0.495 e. The van der Waals surface area contributed by atoms with E-state index in [2.05, 4.69) is 11.8 Å². The van der Waals surface area contributed by atoms with Gasteiger partial charge in [0.25, 0.3) is 0 Å². The van der Waals surface area contributed by atoms with Crippen molar-refractivity contribution in [3.8, 4) is 17.6 Å². The van der Waals surface area contributed by atoms with Gasteiger partial charge in [-0.05, 0) is 24.6 Å². The predicted octanol–water partition coefficient (Wildman–Crippen LogP) is 2.59. The van der Waals surface area contributed by atoms with Crippen LogP contribution in [0.2, 0.25) is 0 Å². The highest BCUT2D eigenvalue weighted by Crippen LogP contribution is 2.17. The highest BCUT2D eigenvalue weighted by Gasteiger charge is 1.98. The van der Waals surface area contributed by atoms with Crippen molar-refractivity contribution in [1.82, 2.24) is 0 Å². The fourth-order valence-corrected chi connectivity index (χ4v) is 1.11. The molecule has 0 saturated carbocycles. The molecule has 0 aliphatic rings. The van der Waals surface area contributed by atoms with Crippen LogP contribution in [-0.4, -0.2) is 13.0 Å². The Morgan fingerprint density at radius 3 is 2.85 bits per heavy atom. The summed E-state index contributed by atoms with van der Waals surface area (Å²) in [6, 6.07) is 5.89. The molecular weight excluding hydrogens is 184 g/mol. The van der Waals surface area contributed by atoms with Gasteiger partial charge in [0, 0.05) is 0 Å². The third kappa shape index (κ3) is 2.68. The summed E-state index contributed by atoms with van der Waals surface area (Å²) in [6.07, 6.45) is 0. The van der Waals surface area contributed by atoms with E-state index in [1.54, 1.807) is 7.11 Å². The lowest BCUT2D eigenvalue weighted by molar-refractivity contribution is 0.413. The first-order valence-electron chi connectivity index (χ1n) is 3.97. The van der Waals surface area contributed by atoms with Crippen LogP contribution < -0.4 is 4.74 Å². The molecule has 68 valence electrons. The molecule has 0 saturated heterocycles. The maximum absolute atomic E-state index is 5.47. The normalized spacial score (nSPS) is 8.85. The second-order valence-corrected chi connectivity index (χ2v) is 2.91. The first-order chi connectivity index (χ1) is 6.27. The Morgan fingerprint density at radius 1 is 1.46 bits per heavy atom. The second kappa shape index (κ2) is 4.79. The van der Waals surface area contributed by atoms with Crippen molar-refractivity contribution in [1.29, 1.82) is 0 Å². The third-order valence-corrected chi connectivity index (χ3v) is 1.78. The summed E-state index contributed by atoms with van der Waals surface area (Å²) >= 11 is 5.47. The molecule has 1 rings (SSSR count). The van der Waals surface area contributed by atoms with Crippen LogP contribution >= 0.6 is 11.6 Å². The minimum atomic E-state index is 0.344. The minimum Gasteiger partial charge on any atom is -0.495 e. The maximum atomic E-state index is 5.47. The molecule has 0 heterocycles. The lowest BCUT2D eigenvalue weighted by atomic mass is 10.1. The predicted molar refractivity (Wildman–Crippen MR) is 55.3 cm³/mol. The summed E-state index contributed by atoms with van der Waals surface area (Å²) in [5, 5.41) is 0. The van der Waals surface area contributed by atoms with Crippen molar-refractivity contribution in [2.75, 3.05) is 13.0 Å². The number of rotatable bonds is 1. The third-order valence-electron chi connectivity index (χ3n) is 1.64. The minimum absolute atomic E-state index is 0.344. The average Bonchev–Trinajstić information content (AvgIpc) is 2.15. The Morgan fingerprint density at radius 2 is 2.23 bits per heavy atom. The number of aryl methyl sites for hydroxylation is 1. The number of hydrogen-bond donors (Lipinski definition) is 0. The fraction of sp³-hybridized carbons (Fsp3) is 0.273. The lowest BCUT2D eigenvalue weighted by Crippen LogP contribution is -1.88. The Kier molecular flexibility index (Phi) is 3.67. The van der Waals surface area contributed by atoms with Crippen molar-refractivity contribution < 1.29 is 4.74 Å². The molecule has 0 atom stereocenters. The van der Waals surface area contributed by atoms with Crippen molar-refractivity contribution >= 4 is 11.6 Å². The number of ether oxygens (including phenoxy) is 1. The summed E-state index contributed by atoms with van der Waals surface area (Å²) < 4.78 is 5.15. The standard InChI is InChI=1S/C11H11ClO/c1-9-5-6-11(13-2)10(8-9)4-3-7-12/h5-6,8H,7H2,1-2H3. The summed E-state index contributed by atoms with van der Waals surface area (Å²) in [7, 11) is 1.64. The van der Waals surface area contributed by atoms with Crippen LogP contribution in [0, 0.1) is 18.8 Å². The zero-order valence-corrected chi connectivity index (χ0v) is 8.48. The molecular formula is C11H11ClO. The average molecular weight is 195 g/mol. The molecule has 0 fully saturated rings. The van der Waals surface area contributed by atoms with E-state index in [0.29, 0.717) is 5.88 Å². The van der Waals surface area contributed by atoms with Crippen LogP contribution in [-0.2, 0) is 0 Å². The van der Waals surface area contributed by atoms with Gasteiger partial charge in [-0.3, -0.25) is 0 Å². The Labute approximate surface area is 83.7 Å². The molecule has 0 aliphatic heterocycles. The van der Waals surface area contributed by atoms with Gasteiger partial charge in [0.05, 0.1) is 18.6 Å². The highest BCUT2D eigenvalue weighted by molar-refractivity contribution is 6.19. The van der Waals surface area contributed by atoms with Gasteiger partial charge in [0.1, 0.15) is 5.75 Å². The molecule has 1 nitrogen and oxygen atoms in total. The molecule has 0 unspecified atom stereocenters. The van der Waals surface area contributed by atoms with E-state index >= 15 is 0 Å². The van der Waals surface area contributed by atoms with E-state index in [4.69, 9.17) is 16.3 Å². The van der Waals surface area contributed by atoms with Gasteiger partial charge in [-0.2, -0.15) is 0 Å². The van der Waals surface area contributed by atoms with Crippen molar-refractivity contribution in [2.24, 2.45) is 0 Å². The van der Waals surface area contributed by atoms with Gasteiger partial charge in [0.15, 0.2) is 0 Å². The van der Waals surface area contributed by atoms with Crippen molar-refractivity contribution in [3.05, 3.63) is 29.3 Å². The molecule has 1 aromatic rings. The smallest absolute Gasteiger partial charge is 0.134 e. The first kappa shape index (κ1) is 9.95. The van der Waals surface area contributed by atoms with Gasteiger partial charge in [-0.1, -0.05) is 17.9 Å². The van der Waals surface area contributed by atoms with E-state index in [9.17, 15) is 0 Å². The van der Waals surface area contributed by atoms with Crippen LogP contribution in [0.5, 0.6) is 5.75 Å². The highest BCUT2D eigenvalue weighted by atomic mass is 35.5.